The van der Waals surface area contributed by atoms with Gasteiger partial charge in [-0.1, -0.05) is 56.5 Å². The Morgan fingerprint density at radius 3 is 2.29 bits per heavy atom. The molecule has 0 radical (unpaired) electrons. The molecule has 1 aromatic rings. The molecule has 21 heavy (non-hydrogen) atoms. The average Bonchev–Trinajstić information content (AvgIpc) is 2.77. The van der Waals surface area contributed by atoms with Crippen LogP contribution in [0.4, 0.5) is 0 Å². The normalized spacial score (nSPS) is 34.6. The van der Waals surface area contributed by atoms with Crippen molar-refractivity contribution in [3.05, 3.63) is 35.9 Å². The zero-order valence-corrected chi connectivity index (χ0v) is 15.9. The van der Waals surface area contributed by atoms with E-state index >= 15 is 0 Å². The fraction of sp³-hybridized carbons (Fsp3) is 0.667. The molecule has 1 aromatic carbocycles. The van der Waals surface area contributed by atoms with E-state index < -0.39 is 0 Å². The number of hydrogen-bond donors (Lipinski definition) is 0. The van der Waals surface area contributed by atoms with Gasteiger partial charge in [-0.05, 0) is 30.2 Å². The van der Waals surface area contributed by atoms with Crippen LogP contribution in [0.5, 0.6) is 0 Å². The van der Waals surface area contributed by atoms with Gasteiger partial charge in [-0.2, -0.15) is 0 Å². The molecule has 3 heteroatoms. The van der Waals surface area contributed by atoms with Gasteiger partial charge in [0.05, 0.1) is 6.04 Å². The molecular formula is C18H29IN2. The molecule has 1 heterocycles. The maximum absolute atomic E-state index is 2.52. The molecule has 4 atom stereocenters. The Balaban J connectivity index is 0.00000161. The van der Waals surface area contributed by atoms with Gasteiger partial charge in [-0.15, -0.1) is 24.0 Å². The first-order valence-corrected chi connectivity index (χ1v) is 8.19. The van der Waals surface area contributed by atoms with Crippen molar-refractivity contribution in [1.82, 2.24) is 10.0 Å². The van der Waals surface area contributed by atoms with Gasteiger partial charge < -0.3 is 0 Å². The third-order valence-corrected chi connectivity index (χ3v) is 5.75. The van der Waals surface area contributed by atoms with E-state index in [0.717, 1.165) is 17.9 Å². The molecule has 1 saturated heterocycles. The molecule has 2 fully saturated rings. The van der Waals surface area contributed by atoms with Crippen molar-refractivity contribution in [2.45, 2.75) is 51.1 Å². The van der Waals surface area contributed by atoms with Gasteiger partial charge in [0, 0.05) is 20.1 Å². The predicted molar refractivity (Wildman–Crippen MR) is 99.7 cm³/mol. The molecule has 1 saturated carbocycles. The molecule has 1 aliphatic carbocycles. The fourth-order valence-corrected chi connectivity index (χ4v) is 4.38. The van der Waals surface area contributed by atoms with Crippen LogP contribution >= 0.6 is 24.0 Å². The standard InChI is InChI=1S/C18H28N2.HI/c1-14-9-7-8-12-16(14)18-13-17(19(2)20(18)3)15-10-5-4-6-11-15;/h4-6,10-11,14,16-18H,7-9,12-13H2,1-3H3;1H. The second-order valence-corrected chi connectivity index (χ2v) is 6.80. The smallest absolute Gasteiger partial charge is 0.0507 e. The van der Waals surface area contributed by atoms with E-state index in [1.54, 1.807) is 0 Å². The summed E-state index contributed by atoms with van der Waals surface area (Å²) in [5.41, 5.74) is 1.47. The van der Waals surface area contributed by atoms with E-state index in [9.17, 15) is 0 Å². The lowest BCUT2D eigenvalue weighted by atomic mass is 9.75. The Morgan fingerprint density at radius 2 is 1.62 bits per heavy atom. The largest absolute Gasteiger partial charge is 0.241 e. The summed E-state index contributed by atoms with van der Waals surface area (Å²) in [5.74, 6) is 1.77. The molecule has 0 N–H and O–H groups in total. The Kier molecular flexibility index (Phi) is 6.09. The van der Waals surface area contributed by atoms with Crippen molar-refractivity contribution in [3.8, 4) is 0 Å². The third kappa shape index (κ3) is 3.45. The van der Waals surface area contributed by atoms with Crippen LogP contribution in [0, 0.1) is 11.8 Å². The molecule has 1 aliphatic heterocycles. The molecule has 0 aromatic heterocycles. The van der Waals surface area contributed by atoms with Crippen LogP contribution < -0.4 is 0 Å². The Labute approximate surface area is 146 Å². The van der Waals surface area contributed by atoms with Crippen LogP contribution in [0.15, 0.2) is 30.3 Å². The van der Waals surface area contributed by atoms with E-state index in [-0.39, 0.29) is 24.0 Å². The summed E-state index contributed by atoms with van der Waals surface area (Å²) in [6.45, 7) is 2.47. The number of benzene rings is 1. The molecule has 0 spiro atoms. The number of hydrogen-bond acceptors (Lipinski definition) is 2. The van der Waals surface area contributed by atoms with Gasteiger partial charge in [-0.3, -0.25) is 0 Å². The minimum Gasteiger partial charge on any atom is -0.241 e. The highest BCUT2D eigenvalue weighted by Gasteiger charge is 2.41. The minimum absolute atomic E-state index is 0. The van der Waals surface area contributed by atoms with E-state index in [4.69, 9.17) is 0 Å². The van der Waals surface area contributed by atoms with Crippen molar-refractivity contribution < 1.29 is 0 Å². The maximum atomic E-state index is 2.52. The molecule has 3 rings (SSSR count). The quantitative estimate of drug-likeness (QED) is 0.663. The van der Waals surface area contributed by atoms with Crippen molar-refractivity contribution in [2.24, 2.45) is 11.8 Å². The number of halogens is 1. The summed E-state index contributed by atoms with van der Waals surface area (Å²) in [7, 11) is 4.54. The second-order valence-electron chi connectivity index (χ2n) is 6.80. The Hall–Kier alpha value is -0.130. The highest BCUT2D eigenvalue weighted by Crippen LogP contribution is 2.43. The molecule has 2 aliphatic rings. The van der Waals surface area contributed by atoms with E-state index in [1.165, 1.54) is 37.7 Å². The van der Waals surface area contributed by atoms with Crippen LogP contribution in [0.2, 0.25) is 0 Å². The zero-order valence-electron chi connectivity index (χ0n) is 13.5. The average molecular weight is 400 g/mol. The van der Waals surface area contributed by atoms with E-state index in [1.807, 2.05) is 0 Å². The molecule has 118 valence electrons. The zero-order chi connectivity index (χ0) is 14.1. The van der Waals surface area contributed by atoms with Crippen LogP contribution in [0.1, 0.15) is 50.6 Å². The SMILES string of the molecule is CC1CCCCC1C1CC(c2ccccc2)N(C)N1C.I. The maximum Gasteiger partial charge on any atom is 0.0507 e. The molecule has 0 bridgehead atoms. The summed E-state index contributed by atoms with van der Waals surface area (Å²) in [6, 6.07) is 12.3. The first-order chi connectivity index (χ1) is 9.68. The van der Waals surface area contributed by atoms with Crippen molar-refractivity contribution in [1.29, 1.82) is 0 Å². The predicted octanol–water partition coefficient (Wildman–Crippen LogP) is 4.72. The third-order valence-electron chi connectivity index (χ3n) is 5.75. The summed E-state index contributed by atoms with van der Waals surface area (Å²) in [4.78, 5) is 0. The minimum atomic E-state index is 0. The van der Waals surface area contributed by atoms with Crippen LogP contribution in [0.25, 0.3) is 0 Å². The van der Waals surface area contributed by atoms with E-state index in [0.29, 0.717) is 6.04 Å². The van der Waals surface area contributed by atoms with Crippen molar-refractivity contribution >= 4 is 24.0 Å². The molecule has 2 nitrogen and oxygen atoms in total. The number of rotatable bonds is 2. The number of nitrogens with zero attached hydrogens (tertiary/aromatic N) is 2. The first kappa shape index (κ1) is 17.2. The summed E-state index contributed by atoms with van der Waals surface area (Å²) in [5, 5.41) is 4.98. The van der Waals surface area contributed by atoms with Gasteiger partial charge in [0.2, 0.25) is 0 Å². The fourth-order valence-electron chi connectivity index (χ4n) is 4.38. The lowest BCUT2D eigenvalue weighted by molar-refractivity contribution is -0.00603. The van der Waals surface area contributed by atoms with Crippen LogP contribution in [-0.4, -0.2) is 30.2 Å². The van der Waals surface area contributed by atoms with Crippen LogP contribution in [0.3, 0.4) is 0 Å². The second kappa shape index (κ2) is 7.42. The van der Waals surface area contributed by atoms with Gasteiger partial charge in [0.25, 0.3) is 0 Å². The number of hydrazine groups is 1. The summed E-state index contributed by atoms with van der Waals surface area (Å²) in [6.07, 6.45) is 7.00. The van der Waals surface area contributed by atoms with Gasteiger partial charge >= 0.3 is 0 Å². The molecule has 4 unspecified atom stereocenters. The topological polar surface area (TPSA) is 6.48 Å². The lowest BCUT2D eigenvalue weighted by Gasteiger charge is -2.37. The molecular weight excluding hydrogens is 371 g/mol. The lowest BCUT2D eigenvalue weighted by Crippen LogP contribution is -2.42. The van der Waals surface area contributed by atoms with Crippen molar-refractivity contribution in [3.63, 3.8) is 0 Å². The highest BCUT2D eigenvalue weighted by atomic mass is 127. The first-order valence-electron chi connectivity index (χ1n) is 8.19. The molecule has 0 amide bonds. The van der Waals surface area contributed by atoms with Crippen molar-refractivity contribution in [2.75, 3.05) is 14.1 Å². The Bertz CT molecular complexity index is 436. The monoisotopic (exact) mass is 400 g/mol. The summed E-state index contributed by atoms with van der Waals surface area (Å²) >= 11 is 0. The van der Waals surface area contributed by atoms with E-state index in [2.05, 4.69) is 61.4 Å². The summed E-state index contributed by atoms with van der Waals surface area (Å²) < 4.78 is 0. The van der Waals surface area contributed by atoms with Gasteiger partial charge in [0.15, 0.2) is 0 Å². The Morgan fingerprint density at radius 1 is 0.952 bits per heavy atom. The van der Waals surface area contributed by atoms with Gasteiger partial charge in [0.1, 0.15) is 0 Å². The van der Waals surface area contributed by atoms with Gasteiger partial charge in [-0.25, -0.2) is 10.0 Å². The van der Waals surface area contributed by atoms with Crippen LogP contribution in [-0.2, 0) is 0 Å². The highest BCUT2D eigenvalue weighted by molar-refractivity contribution is 14.0.